The predicted molar refractivity (Wildman–Crippen MR) is 105 cm³/mol. The maximum absolute atomic E-state index is 12.6. The zero-order valence-corrected chi connectivity index (χ0v) is 16.2. The van der Waals surface area contributed by atoms with Crippen molar-refractivity contribution in [1.82, 2.24) is 4.90 Å². The van der Waals surface area contributed by atoms with Gasteiger partial charge < -0.3 is 24.8 Å². The molecule has 0 aromatic heterocycles. The number of nitro groups is 1. The maximum atomic E-state index is 12.6. The fourth-order valence-electron chi connectivity index (χ4n) is 2.55. The Morgan fingerprint density at radius 1 is 1.14 bits per heavy atom. The van der Waals surface area contributed by atoms with Gasteiger partial charge in [-0.2, -0.15) is 0 Å². The van der Waals surface area contributed by atoms with Gasteiger partial charge in [0.1, 0.15) is 5.56 Å². The van der Waals surface area contributed by atoms with Gasteiger partial charge in [0.15, 0.2) is 11.5 Å². The third-order valence-corrected chi connectivity index (χ3v) is 4.22. The van der Waals surface area contributed by atoms with Crippen LogP contribution in [0.3, 0.4) is 0 Å². The Hall–Kier alpha value is -3.82. The van der Waals surface area contributed by atoms with Crippen LogP contribution >= 0.6 is 0 Å². The summed E-state index contributed by atoms with van der Waals surface area (Å²) >= 11 is 0. The molecule has 0 aliphatic carbocycles. The average Bonchev–Trinajstić information content (AvgIpc) is 2.71. The van der Waals surface area contributed by atoms with Crippen molar-refractivity contribution >= 4 is 23.4 Å². The van der Waals surface area contributed by atoms with E-state index in [1.54, 1.807) is 24.3 Å². The summed E-state index contributed by atoms with van der Waals surface area (Å²) in [5.41, 5.74) is 0.746. The molecule has 10 heteroatoms. The van der Waals surface area contributed by atoms with Crippen molar-refractivity contribution in [2.75, 3.05) is 33.1 Å². The number of nitrogens with zero attached hydrogens (tertiary/aromatic N) is 2. The normalized spacial score (nSPS) is 10.2. The second-order valence-electron chi connectivity index (χ2n) is 6.09. The van der Waals surface area contributed by atoms with E-state index in [-0.39, 0.29) is 17.1 Å². The lowest BCUT2D eigenvalue weighted by Gasteiger charge is -2.13. The van der Waals surface area contributed by atoms with E-state index in [4.69, 9.17) is 14.6 Å². The highest BCUT2D eigenvalue weighted by Gasteiger charge is 2.24. The molecular formula is C19H21N3O7. The van der Waals surface area contributed by atoms with Crippen LogP contribution in [0.25, 0.3) is 0 Å². The van der Waals surface area contributed by atoms with Crippen molar-refractivity contribution < 1.29 is 29.1 Å². The SMILES string of the molecule is COc1cc(C(=O)Nc2ccc(CCN(C)C(=O)O)cc2)c([N+](=O)[O-])cc1OC. The van der Waals surface area contributed by atoms with Gasteiger partial charge in [-0.25, -0.2) is 4.79 Å². The number of ether oxygens (including phenoxy) is 2. The molecule has 2 N–H and O–H groups in total. The standard InChI is InChI=1S/C19H21N3O7/c1-21(19(24)25)9-8-12-4-6-13(7-5-12)20-18(23)14-10-16(28-2)17(29-3)11-15(14)22(26)27/h4-7,10-11H,8-9H2,1-3H3,(H,20,23)(H,24,25). The molecule has 0 saturated carbocycles. The summed E-state index contributed by atoms with van der Waals surface area (Å²) < 4.78 is 10.2. The molecule has 0 aliphatic rings. The molecule has 154 valence electrons. The molecule has 2 amide bonds. The van der Waals surface area contributed by atoms with Crippen LogP contribution in [-0.2, 0) is 6.42 Å². The molecule has 0 atom stereocenters. The summed E-state index contributed by atoms with van der Waals surface area (Å²) in [5, 5.41) is 22.8. The Morgan fingerprint density at radius 3 is 2.24 bits per heavy atom. The maximum Gasteiger partial charge on any atom is 0.407 e. The minimum Gasteiger partial charge on any atom is -0.493 e. The van der Waals surface area contributed by atoms with Crippen LogP contribution in [0.1, 0.15) is 15.9 Å². The number of hydrogen-bond donors (Lipinski definition) is 2. The summed E-state index contributed by atoms with van der Waals surface area (Å²) in [6.45, 7) is 0.332. The van der Waals surface area contributed by atoms with E-state index < -0.39 is 22.6 Å². The molecule has 0 bridgehead atoms. The Bertz CT molecular complexity index is 913. The van der Waals surface area contributed by atoms with Crippen molar-refractivity contribution in [1.29, 1.82) is 0 Å². The number of benzene rings is 2. The highest BCUT2D eigenvalue weighted by molar-refractivity contribution is 6.07. The van der Waals surface area contributed by atoms with Gasteiger partial charge in [0.05, 0.1) is 25.2 Å². The fraction of sp³-hybridized carbons (Fsp3) is 0.263. The number of carbonyl (C=O) groups is 2. The number of rotatable bonds is 8. The van der Waals surface area contributed by atoms with Gasteiger partial charge in [-0.1, -0.05) is 12.1 Å². The number of amides is 2. The first-order chi connectivity index (χ1) is 13.8. The molecule has 2 aromatic carbocycles. The average molecular weight is 403 g/mol. The van der Waals surface area contributed by atoms with Crippen molar-refractivity contribution in [2.45, 2.75) is 6.42 Å². The second-order valence-corrected chi connectivity index (χ2v) is 6.09. The summed E-state index contributed by atoms with van der Waals surface area (Å²) in [5.74, 6) is -0.330. The molecule has 0 heterocycles. The van der Waals surface area contributed by atoms with Crippen LogP contribution in [0.4, 0.5) is 16.2 Å². The first kappa shape index (κ1) is 21.5. The van der Waals surface area contributed by atoms with Gasteiger partial charge in [0.2, 0.25) is 0 Å². The molecule has 0 spiro atoms. The Labute approximate surface area is 166 Å². The van der Waals surface area contributed by atoms with Gasteiger partial charge in [-0.15, -0.1) is 0 Å². The largest absolute Gasteiger partial charge is 0.493 e. The lowest BCUT2D eigenvalue weighted by molar-refractivity contribution is -0.385. The lowest BCUT2D eigenvalue weighted by Crippen LogP contribution is -2.26. The van der Waals surface area contributed by atoms with E-state index in [2.05, 4.69) is 5.32 Å². The molecule has 0 radical (unpaired) electrons. The topological polar surface area (TPSA) is 131 Å². The number of carboxylic acid groups (broad SMARTS) is 1. The summed E-state index contributed by atoms with van der Waals surface area (Å²) in [7, 11) is 4.19. The molecule has 10 nitrogen and oxygen atoms in total. The monoisotopic (exact) mass is 403 g/mol. The molecular weight excluding hydrogens is 382 g/mol. The van der Waals surface area contributed by atoms with Crippen LogP contribution in [0.15, 0.2) is 36.4 Å². The van der Waals surface area contributed by atoms with Gasteiger partial charge in [-0.05, 0) is 24.1 Å². The Kier molecular flexibility index (Phi) is 6.96. The van der Waals surface area contributed by atoms with Gasteiger partial charge in [0.25, 0.3) is 11.6 Å². The Balaban J connectivity index is 2.17. The van der Waals surface area contributed by atoms with E-state index in [9.17, 15) is 19.7 Å². The highest BCUT2D eigenvalue weighted by atomic mass is 16.6. The van der Waals surface area contributed by atoms with Crippen LogP contribution in [0.2, 0.25) is 0 Å². The number of carbonyl (C=O) groups excluding carboxylic acids is 1. The van der Waals surface area contributed by atoms with E-state index in [1.807, 2.05) is 0 Å². The van der Waals surface area contributed by atoms with Gasteiger partial charge in [0, 0.05) is 25.3 Å². The summed E-state index contributed by atoms with van der Waals surface area (Å²) in [6.07, 6.45) is -0.497. The smallest absolute Gasteiger partial charge is 0.407 e. The Morgan fingerprint density at radius 2 is 1.72 bits per heavy atom. The van der Waals surface area contributed by atoms with Crippen LogP contribution in [0.5, 0.6) is 11.5 Å². The molecule has 29 heavy (non-hydrogen) atoms. The van der Waals surface area contributed by atoms with Crippen molar-refractivity contribution in [3.05, 3.63) is 57.6 Å². The van der Waals surface area contributed by atoms with Crippen LogP contribution in [0, 0.1) is 10.1 Å². The first-order valence-electron chi connectivity index (χ1n) is 8.51. The second kappa shape index (κ2) is 9.40. The summed E-state index contributed by atoms with van der Waals surface area (Å²) in [6, 6.07) is 9.15. The molecule has 2 aromatic rings. The minimum atomic E-state index is -1.01. The lowest BCUT2D eigenvalue weighted by atomic mass is 10.1. The third-order valence-electron chi connectivity index (χ3n) is 4.22. The van der Waals surface area contributed by atoms with Crippen LogP contribution in [-0.4, -0.2) is 54.7 Å². The third kappa shape index (κ3) is 5.34. The van der Waals surface area contributed by atoms with E-state index in [0.29, 0.717) is 18.7 Å². The zero-order valence-electron chi connectivity index (χ0n) is 16.2. The number of anilines is 1. The van der Waals surface area contributed by atoms with Gasteiger partial charge >= 0.3 is 6.09 Å². The number of nitrogens with one attached hydrogen (secondary N) is 1. The molecule has 0 fully saturated rings. The van der Waals surface area contributed by atoms with Crippen molar-refractivity contribution in [3.63, 3.8) is 0 Å². The molecule has 0 aliphatic heterocycles. The quantitative estimate of drug-likeness (QED) is 0.511. The van der Waals surface area contributed by atoms with E-state index in [0.717, 1.165) is 11.6 Å². The first-order valence-corrected chi connectivity index (χ1v) is 8.51. The van der Waals surface area contributed by atoms with Crippen molar-refractivity contribution in [3.8, 4) is 11.5 Å². The van der Waals surface area contributed by atoms with Gasteiger partial charge in [-0.3, -0.25) is 14.9 Å². The molecule has 0 saturated heterocycles. The number of likely N-dealkylation sites (N-methyl/N-ethyl adjacent to an activating group) is 1. The molecule has 2 rings (SSSR count). The summed E-state index contributed by atoms with van der Waals surface area (Å²) in [4.78, 5) is 35.3. The van der Waals surface area contributed by atoms with Crippen molar-refractivity contribution in [2.24, 2.45) is 0 Å². The fourth-order valence-corrected chi connectivity index (χ4v) is 2.55. The highest BCUT2D eigenvalue weighted by Crippen LogP contribution is 2.34. The molecule has 0 unspecified atom stereocenters. The minimum absolute atomic E-state index is 0.145. The van der Waals surface area contributed by atoms with E-state index >= 15 is 0 Å². The van der Waals surface area contributed by atoms with E-state index in [1.165, 1.54) is 32.2 Å². The number of methoxy groups -OCH3 is 2. The zero-order chi connectivity index (χ0) is 21.6. The van der Waals surface area contributed by atoms with Crippen LogP contribution < -0.4 is 14.8 Å². The number of hydrogen-bond acceptors (Lipinski definition) is 6. The predicted octanol–water partition coefficient (Wildman–Crippen LogP) is 3.02. The number of nitro benzene ring substituents is 1.